The van der Waals surface area contributed by atoms with Gasteiger partial charge in [-0.1, -0.05) is 0 Å². The van der Waals surface area contributed by atoms with Gasteiger partial charge < -0.3 is 11.8 Å². The molecule has 0 spiro atoms. The molecule has 4 heavy (non-hydrogen) atoms. The van der Waals surface area contributed by atoms with Crippen molar-refractivity contribution in [3.05, 3.63) is 6.57 Å². The Labute approximate surface area is 39.8 Å². The first kappa shape index (κ1) is 31.1. The fourth-order valence-corrected chi connectivity index (χ4v) is 0. The Balaban J connectivity index is -0.00000000500. The molecule has 0 saturated carbocycles. The van der Waals surface area contributed by atoms with Crippen molar-refractivity contribution >= 4 is 8.41 Å². The van der Waals surface area contributed by atoms with Gasteiger partial charge in [0.25, 0.3) is 0 Å². The van der Waals surface area contributed by atoms with E-state index in [1.54, 1.807) is 0 Å². The fraction of sp³-hybridized carbons (Fsp3) is 0. The van der Waals surface area contributed by atoms with Crippen LogP contribution in [0.3, 0.4) is 0 Å². The van der Waals surface area contributed by atoms with Crippen LogP contribution in [0.4, 0.5) is 0 Å². The molecule has 0 aliphatic heterocycles. The topological polar surface area (TPSA) is 23.8 Å². The van der Waals surface area contributed by atoms with Gasteiger partial charge in [-0.05, 0) is 0 Å². The van der Waals surface area contributed by atoms with E-state index in [-0.39, 0.29) is 27.3 Å². The van der Waals surface area contributed by atoms with Crippen molar-refractivity contribution in [2.45, 2.75) is 0 Å². The summed E-state index contributed by atoms with van der Waals surface area (Å²) in [7, 11) is 0. The van der Waals surface area contributed by atoms with Crippen LogP contribution in [0.15, 0.2) is 0 Å². The van der Waals surface area contributed by atoms with E-state index in [0.717, 1.165) is 0 Å². The van der Waals surface area contributed by atoms with E-state index in [4.69, 9.17) is 11.8 Å². The average Bonchev–Trinajstić information content (AvgIpc) is 1.00. The van der Waals surface area contributed by atoms with Crippen LogP contribution in [0, 0.1) is 11.8 Å². The van der Waals surface area contributed by atoms with Crippen molar-refractivity contribution in [3.63, 3.8) is 0 Å². The molecule has 0 fully saturated rings. The minimum atomic E-state index is 0. The average molecular weight is 43.8 g/mol. The van der Waals surface area contributed by atoms with Gasteiger partial charge in [-0.15, -0.1) is 0 Å². The van der Waals surface area contributed by atoms with Gasteiger partial charge in [0.15, 0.2) is 0 Å². The second kappa shape index (κ2) is 629. The van der Waals surface area contributed by atoms with Gasteiger partial charge in [0, 0.05) is 8.41 Å². The molecule has 13 valence electrons. The zero-order valence-corrected chi connectivity index (χ0v) is 2.52. The maximum absolute atomic E-state index is 6.25. The van der Waals surface area contributed by atoms with Gasteiger partial charge in [0.05, 0.1) is 0 Å². The van der Waals surface area contributed by atoms with E-state index in [9.17, 15) is 0 Å². The summed E-state index contributed by atoms with van der Waals surface area (Å²) >= 11 is 0. The quantitative estimate of drug-likeness (QED) is 0.206. The van der Waals surface area contributed by atoms with E-state index in [1.807, 2.05) is 0 Å². The van der Waals surface area contributed by atoms with Crippen LogP contribution in [0.5, 0.6) is 0 Å². The molecule has 3 heteroatoms. The van der Waals surface area contributed by atoms with Crippen LogP contribution in [0.25, 0.3) is 0 Å². The van der Waals surface area contributed by atoms with Gasteiger partial charge in [-0.2, -0.15) is 0 Å². The summed E-state index contributed by atoms with van der Waals surface area (Å²) in [6.45, 7) is 4.75. The molecule has 3 radical (unpaired) electrons. The smallest absolute Gasteiger partial charge is 0.512 e. The molecule has 0 rings (SSSR count). The maximum atomic E-state index is 6.25. The molecule has 0 aliphatic rings. The van der Waals surface area contributed by atoms with Crippen molar-refractivity contribution in [2.24, 2.45) is 0 Å². The standard InChI is InChI=1S/CN.B.Li/c1-2;;/q-1;;+1. The molecule has 0 N–H and O–H groups in total. The van der Waals surface area contributed by atoms with Gasteiger partial charge in [0.2, 0.25) is 0 Å². The molecule has 0 aromatic heterocycles. The summed E-state index contributed by atoms with van der Waals surface area (Å²) in [5, 5.41) is 6.25. The van der Waals surface area contributed by atoms with Crippen LogP contribution in [0.2, 0.25) is 0 Å². The second-order valence-corrected chi connectivity index (χ2v) is 0. The van der Waals surface area contributed by atoms with Crippen molar-refractivity contribution in [1.29, 1.82) is 5.26 Å². The molecule has 0 aromatic carbocycles. The molecular formula is CBLiN. The summed E-state index contributed by atoms with van der Waals surface area (Å²) in [6.07, 6.45) is 0. The Kier molecular flexibility index (Phi) is 4890. The SMILES string of the molecule is [B].[C-]#N.[Li+]. The van der Waals surface area contributed by atoms with Crippen LogP contribution in [-0.4, -0.2) is 8.41 Å². The zero-order chi connectivity index (χ0) is 2.00. The first-order chi connectivity index (χ1) is 1.00. The second-order valence-electron chi connectivity index (χ2n) is 0. The van der Waals surface area contributed by atoms with Gasteiger partial charge in [-0.3, -0.25) is 0 Å². The van der Waals surface area contributed by atoms with Crippen molar-refractivity contribution < 1.29 is 18.9 Å². The molecule has 0 saturated heterocycles. The molecule has 0 amide bonds. The van der Waals surface area contributed by atoms with Crippen LogP contribution in [0.1, 0.15) is 0 Å². The maximum Gasteiger partial charge on any atom is 1.00 e. The molecule has 0 aliphatic carbocycles. The summed E-state index contributed by atoms with van der Waals surface area (Å²) in [5.74, 6) is 0. The van der Waals surface area contributed by atoms with Gasteiger partial charge in [-0.25, -0.2) is 0 Å². The molecule has 0 atom stereocenters. The van der Waals surface area contributed by atoms with E-state index in [2.05, 4.69) is 0 Å². The molecule has 0 aromatic rings. The van der Waals surface area contributed by atoms with E-state index < -0.39 is 0 Å². The van der Waals surface area contributed by atoms with Crippen LogP contribution >= 0.6 is 0 Å². The van der Waals surface area contributed by atoms with E-state index in [0.29, 0.717) is 0 Å². The summed E-state index contributed by atoms with van der Waals surface area (Å²) in [6, 6.07) is 0. The first-order valence-corrected chi connectivity index (χ1v) is 0.224. The normalized spacial score (nSPS) is 0.500. The number of nitrogens with zero attached hydrogens (tertiary/aromatic N) is 1. The Morgan fingerprint density at radius 2 is 1.25 bits per heavy atom. The molecule has 1 nitrogen and oxygen atoms in total. The Morgan fingerprint density at radius 1 is 1.25 bits per heavy atom. The monoisotopic (exact) mass is 44.0 g/mol. The minimum absolute atomic E-state index is 0. The number of hydrogen-bond donors (Lipinski definition) is 0. The van der Waals surface area contributed by atoms with Crippen LogP contribution < -0.4 is 18.9 Å². The van der Waals surface area contributed by atoms with Crippen molar-refractivity contribution in [3.8, 4) is 0 Å². The number of rotatable bonds is 0. The van der Waals surface area contributed by atoms with Gasteiger partial charge >= 0.3 is 18.9 Å². The summed E-state index contributed by atoms with van der Waals surface area (Å²) < 4.78 is 0. The Hall–Kier alpha value is 0.152. The Bertz CT molecular complexity index is 12.8. The summed E-state index contributed by atoms with van der Waals surface area (Å²) in [4.78, 5) is 0. The molecule has 0 unspecified atom stereocenters. The third-order valence-electron chi connectivity index (χ3n) is 0. The minimum Gasteiger partial charge on any atom is -0.512 e. The third kappa shape index (κ3) is 123. The molecular weight excluding hydrogens is 43.8 g/mol. The van der Waals surface area contributed by atoms with Gasteiger partial charge in [0.1, 0.15) is 0 Å². The van der Waals surface area contributed by atoms with E-state index >= 15 is 0 Å². The third-order valence-corrected chi connectivity index (χ3v) is 0. The molecule has 0 heterocycles. The summed E-state index contributed by atoms with van der Waals surface area (Å²) in [5.41, 5.74) is 0. The molecule has 0 bridgehead atoms. The predicted octanol–water partition coefficient (Wildman–Crippen LogP) is -3.28. The first-order valence-electron chi connectivity index (χ1n) is 0.224. The number of hydrogen-bond acceptors (Lipinski definition) is 1. The zero-order valence-electron chi connectivity index (χ0n) is 2.52. The van der Waals surface area contributed by atoms with Crippen molar-refractivity contribution in [1.82, 2.24) is 0 Å². The Morgan fingerprint density at radius 3 is 1.25 bits per heavy atom. The van der Waals surface area contributed by atoms with Crippen molar-refractivity contribution in [2.75, 3.05) is 0 Å². The van der Waals surface area contributed by atoms with E-state index in [1.165, 1.54) is 0 Å². The fourth-order valence-electron chi connectivity index (χ4n) is 0. The predicted molar refractivity (Wildman–Crippen MR) is 10.7 cm³/mol. The van der Waals surface area contributed by atoms with Crippen LogP contribution in [-0.2, 0) is 0 Å². The largest absolute Gasteiger partial charge is 1.00 e.